The van der Waals surface area contributed by atoms with E-state index in [9.17, 15) is 17.6 Å². The van der Waals surface area contributed by atoms with Crippen LogP contribution in [-0.4, -0.2) is 36.9 Å². The Morgan fingerprint density at radius 1 is 1.53 bits per heavy atom. The molecule has 1 rings (SSSR count). The SMILES string of the molecule is C#CCN(CC(=O)O)S(=O)(=O)c1cc(C)ccc1F. The van der Waals surface area contributed by atoms with Crippen molar-refractivity contribution in [1.82, 2.24) is 4.31 Å². The lowest BCUT2D eigenvalue weighted by Crippen LogP contribution is -2.36. The van der Waals surface area contributed by atoms with Crippen molar-refractivity contribution in [2.24, 2.45) is 0 Å². The molecule has 5 nitrogen and oxygen atoms in total. The smallest absolute Gasteiger partial charge is 0.318 e. The molecule has 0 heterocycles. The second kappa shape index (κ2) is 5.82. The number of hydrogen-bond donors (Lipinski definition) is 1. The monoisotopic (exact) mass is 285 g/mol. The Morgan fingerprint density at radius 3 is 2.68 bits per heavy atom. The number of carboxylic acid groups (broad SMARTS) is 1. The predicted octanol–water partition coefficient (Wildman–Crippen LogP) is 0.843. The van der Waals surface area contributed by atoms with E-state index in [1.54, 1.807) is 6.92 Å². The lowest BCUT2D eigenvalue weighted by molar-refractivity contribution is -0.137. The zero-order valence-corrected chi connectivity index (χ0v) is 10.9. The maximum atomic E-state index is 13.6. The number of hydrogen-bond acceptors (Lipinski definition) is 3. The van der Waals surface area contributed by atoms with E-state index < -0.39 is 39.8 Å². The third kappa shape index (κ3) is 3.53. The molecular formula is C12H12FNO4S. The summed E-state index contributed by atoms with van der Waals surface area (Å²) in [6.07, 6.45) is 5.01. The molecule has 0 bridgehead atoms. The molecule has 1 N–H and O–H groups in total. The molecule has 7 heteroatoms. The molecule has 1 aromatic carbocycles. The van der Waals surface area contributed by atoms with Gasteiger partial charge in [-0.3, -0.25) is 4.79 Å². The van der Waals surface area contributed by atoms with E-state index in [4.69, 9.17) is 11.5 Å². The topological polar surface area (TPSA) is 74.7 Å². The highest BCUT2D eigenvalue weighted by molar-refractivity contribution is 7.89. The molecule has 1 aromatic rings. The number of rotatable bonds is 5. The summed E-state index contributed by atoms with van der Waals surface area (Å²) in [4.78, 5) is 10.1. The number of carbonyl (C=O) groups is 1. The summed E-state index contributed by atoms with van der Waals surface area (Å²) < 4.78 is 38.4. The van der Waals surface area contributed by atoms with Crippen molar-refractivity contribution in [3.05, 3.63) is 29.6 Å². The van der Waals surface area contributed by atoms with Crippen molar-refractivity contribution in [3.63, 3.8) is 0 Å². The molecule has 0 aliphatic carbocycles. The lowest BCUT2D eigenvalue weighted by atomic mass is 10.2. The molecule has 0 atom stereocenters. The standard InChI is InChI=1S/C12H12FNO4S/c1-3-6-14(8-12(15)16)19(17,18)11-7-9(2)4-5-10(11)13/h1,4-5,7H,6,8H2,2H3,(H,15,16). The van der Waals surface area contributed by atoms with Crippen LogP contribution in [0.2, 0.25) is 0 Å². The fourth-order valence-corrected chi connectivity index (χ4v) is 2.88. The number of halogens is 1. The fourth-order valence-electron chi connectivity index (χ4n) is 1.43. The van der Waals surface area contributed by atoms with Crippen LogP contribution in [0.5, 0.6) is 0 Å². The number of terminal acetylenes is 1. The molecule has 0 amide bonds. The van der Waals surface area contributed by atoms with Crippen molar-refractivity contribution in [1.29, 1.82) is 0 Å². The summed E-state index contributed by atoms with van der Waals surface area (Å²) in [6, 6.07) is 3.56. The van der Waals surface area contributed by atoms with Gasteiger partial charge in [0.1, 0.15) is 17.3 Å². The molecule has 19 heavy (non-hydrogen) atoms. The molecule has 102 valence electrons. The highest BCUT2D eigenvalue weighted by Gasteiger charge is 2.28. The van der Waals surface area contributed by atoms with Gasteiger partial charge in [-0.2, -0.15) is 4.31 Å². The van der Waals surface area contributed by atoms with Gasteiger partial charge in [-0.15, -0.1) is 6.42 Å². The minimum absolute atomic E-state index is 0.442. The summed E-state index contributed by atoms with van der Waals surface area (Å²) >= 11 is 0. The number of aryl methyl sites for hydroxylation is 1. The van der Waals surface area contributed by atoms with Crippen LogP contribution in [0.1, 0.15) is 5.56 Å². The molecule has 0 spiro atoms. The Labute approximate surface area is 110 Å². The first kappa shape index (κ1) is 15.1. The van der Waals surface area contributed by atoms with E-state index in [1.807, 2.05) is 5.92 Å². The van der Waals surface area contributed by atoms with Gasteiger partial charge in [0.2, 0.25) is 10.0 Å². The second-order valence-electron chi connectivity index (χ2n) is 3.80. The average molecular weight is 285 g/mol. The molecule has 0 saturated carbocycles. The number of carboxylic acids is 1. The summed E-state index contributed by atoms with van der Waals surface area (Å²) in [5.41, 5.74) is 0.538. The molecule has 0 aromatic heterocycles. The largest absolute Gasteiger partial charge is 0.480 e. The Bertz CT molecular complexity index is 634. The Kier molecular flexibility index (Phi) is 4.64. The quantitative estimate of drug-likeness (QED) is 0.814. The summed E-state index contributed by atoms with van der Waals surface area (Å²) in [7, 11) is -4.28. The van der Waals surface area contributed by atoms with E-state index in [-0.39, 0.29) is 0 Å². The van der Waals surface area contributed by atoms with Crippen LogP contribution in [0, 0.1) is 25.1 Å². The van der Waals surface area contributed by atoms with Gasteiger partial charge in [0.15, 0.2) is 0 Å². The predicted molar refractivity (Wildman–Crippen MR) is 66.4 cm³/mol. The zero-order chi connectivity index (χ0) is 14.6. The van der Waals surface area contributed by atoms with Crippen molar-refractivity contribution in [3.8, 4) is 12.3 Å². The van der Waals surface area contributed by atoms with Gasteiger partial charge < -0.3 is 5.11 Å². The van der Waals surface area contributed by atoms with Gasteiger partial charge in [-0.05, 0) is 24.6 Å². The third-order valence-electron chi connectivity index (χ3n) is 2.28. The molecule has 0 radical (unpaired) electrons. The molecule has 0 saturated heterocycles. The fraction of sp³-hybridized carbons (Fsp3) is 0.250. The van der Waals surface area contributed by atoms with Gasteiger partial charge in [-0.25, -0.2) is 12.8 Å². The van der Waals surface area contributed by atoms with E-state index in [1.165, 1.54) is 6.07 Å². The third-order valence-corrected chi connectivity index (χ3v) is 4.09. The first-order valence-corrected chi connectivity index (χ1v) is 6.64. The first-order chi connectivity index (χ1) is 8.78. The van der Waals surface area contributed by atoms with Crippen molar-refractivity contribution < 1.29 is 22.7 Å². The molecule has 0 unspecified atom stereocenters. The Hall–Kier alpha value is -1.91. The normalized spacial score (nSPS) is 11.3. The Morgan fingerprint density at radius 2 is 2.16 bits per heavy atom. The molecular weight excluding hydrogens is 273 g/mol. The molecule has 0 aliphatic rings. The van der Waals surface area contributed by atoms with Gasteiger partial charge in [0.05, 0.1) is 6.54 Å². The van der Waals surface area contributed by atoms with Gasteiger partial charge >= 0.3 is 5.97 Å². The van der Waals surface area contributed by atoms with E-state index in [0.29, 0.717) is 9.87 Å². The minimum atomic E-state index is -4.28. The highest BCUT2D eigenvalue weighted by Crippen LogP contribution is 2.20. The lowest BCUT2D eigenvalue weighted by Gasteiger charge is -2.18. The average Bonchev–Trinajstić information content (AvgIpc) is 2.31. The highest BCUT2D eigenvalue weighted by atomic mass is 32.2. The Balaban J connectivity index is 3.30. The van der Waals surface area contributed by atoms with Crippen LogP contribution < -0.4 is 0 Å². The zero-order valence-electron chi connectivity index (χ0n) is 10.1. The number of benzene rings is 1. The summed E-state index contributed by atoms with van der Waals surface area (Å²) in [5, 5.41) is 8.68. The van der Waals surface area contributed by atoms with E-state index in [2.05, 4.69) is 0 Å². The van der Waals surface area contributed by atoms with Crippen LogP contribution in [-0.2, 0) is 14.8 Å². The summed E-state index contributed by atoms with van der Waals surface area (Å²) in [6.45, 7) is 0.336. The van der Waals surface area contributed by atoms with Crippen LogP contribution in [0.3, 0.4) is 0 Å². The van der Waals surface area contributed by atoms with E-state index >= 15 is 0 Å². The summed E-state index contributed by atoms with van der Waals surface area (Å²) in [5.74, 6) is -0.271. The van der Waals surface area contributed by atoms with Crippen LogP contribution in [0.4, 0.5) is 4.39 Å². The van der Waals surface area contributed by atoms with Gasteiger partial charge in [0, 0.05) is 0 Å². The first-order valence-electron chi connectivity index (χ1n) is 5.20. The second-order valence-corrected chi connectivity index (χ2v) is 5.71. The molecule has 0 aliphatic heterocycles. The van der Waals surface area contributed by atoms with E-state index in [0.717, 1.165) is 12.1 Å². The van der Waals surface area contributed by atoms with Crippen LogP contribution >= 0.6 is 0 Å². The van der Waals surface area contributed by atoms with Crippen molar-refractivity contribution >= 4 is 16.0 Å². The maximum Gasteiger partial charge on any atom is 0.318 e. The number of nitrogens with zero attached hydrogens (tertiary/aromatic N) is 1. The van der Waals surface area contributed by atoms with Crippen LogP contribution in [0.15, 0.2) is 23.1 Å². The maximum absolute atomic E-state index is 13.6. The van der Waals surface area contributed by atoms with Crippen molar-refractivity contribution in [2.45, 2.75) is 11.8 Å². The van der Waals surface area contributed by atoms with Gasteiger partial charge in [0.25, 0.3) is 0 Å². The number of aliphatic carboxylic acids is 1. The minimum Gasteiger partial charge on any atom is -0.480 e. The van der Waals surface area contributed by atoms with Crippen LogP contribution in [0.25, 0.3) is 0 Å². The molecule has 0 fully saturated rings. The van der Waals surface area contributed by atoms with Gasteiger partial charge in [-0.1, -0.05) is 12.0 Å². The number of sulfonamides is 1. The van der Waals surface area contributed by atoms with Crippen molar-refractivity contribution in [2.75, 3.05) is 13.1 Å².